The molecule has 0 bridgehead atoms. The van der Waals surface area contributed by atoms with Crippen LogP contribution < -0.4 is 0 Å². The smallest absolute Gasteiger partial charge is 0.152 e. The number of nitrogens with one attached hydrogen (secondary N) is 1. The van der Waals surface area contributed by atoms with E-state index >= 15 is 0 Å². The number of aromatic amines is 1. The molecule has 0 saturated heterocycles. The van der Waals surface area contributed by atoms with Crippen molar-refractivity contribution < 1.29 is 4.79 Å². The molecule has 0 spiro atoms. The summed E-state index contributed by atoms with van der Waals surface area (Å²) in [6, 6.07) is 14.5. The van der Waals surface area contributed by atoms with E-state index in [0.717, 1.165) is 40.4 Å². The van der Waals surface area contributed by atoms with Crippen LogP contribution in [0.4, 0.5) is 0 Å². The Hall–Kier alpha value is -2.35. The van der Waals surface area contributed by atoms with Gasteiger partial charge in [-0.2, -0.15) is 0 Å². The molecule has 2 nitrogen and oxygen atoms in total. The van der Waals surface area contributed by atoms with Crippen molar-refractivity contribution in [3.8, 4) is 11.3 Å². The Morgan fingerprint density at radius 2 is 1.85 bits per heavy atom. The first-order valence-electron chi connectivity index (χ1n) is 6.89. The quantitative estimate of drug-likeness (QED) is 0.692. The molecular formula is C18H17NO. The van der Waals surface area contributed by atoms with E-state index in [0.29, 0.717) is 0 Å². The highest BCUT2D eigenvalue weighted by molar-refractivity contribution is 6.04. The zero-order valence-electron chi connectivity index (χ0n) is 11.7. The maximum absolute atomic E-state index is 11.5. The number of carbonyl (C=O) groups excluding carboxylic acids is 1. The van der Waals surface area contributed by atoms with Crippen LogP contribution in [0.2, 0.25) is 0 Å². The Labute approximate surface area is 118 Å². The van der Waals surface area contributed by atoms with Crippen LogP contribution in [-0.4, -0.2) is 11.3 Å². The molecule has 2 heteroatoms. The van der Waals surface area contributed by atoms with Gasteiger partial charge in [0, 0.05) is 16.5 Å². The van der Waals surface area contributed by atoms with Crippen molar-refractivity contribution in [1.82, 2.24) is 4.98 Å². The fourth-order valence-corrected chi connectivity index (χ4v) is 2.55. The predicted octanol–water partition coefficient (Wildman–Crippen LogP) is 4.52. The lowest BCUT2D eigenvalue weighted by Crippen LogP contribution is -1.85. The fourth-order valence-electron chi connectivity index (χ4n) is 2.55. The van der Waals surface area contributed by atoms with Gasteiger partial charge in [0.05, 0.1) is 5.69 Å². The summed E-state index contributed by atoms with van der Waals surface area (Å²) in [6.07, 6.45) is 1.92. The van der Waals surface area contributed by atoms with Crippen LogP contribution in [0, 0.1) is 6.92 Å². The van der Waals surface area contributed by atoms with E-state index in [-0.39, 0.29) is 0 Å². The monoisotopic (exact) mass is 263 g/mol. The van der Waals surface area contributed by atoms with Crippen LogP contribution in [0.15, 0.2) is 42.5 Å². The Morgan fingerprint density at radius 3 is 2.50 bits per heavy atom. The number of fused-ring (bicyclic) bond motifs is 1. The largest absolute Gasteiger partial charge is 0.354 e. The first kappa shape index (κ1) is 12.7. The van der Waals surface area contributed by atoms with Gasteiger partial charge in [-0.3, -0.25) is 4.79 Å². The maximum Gasteiger partial charge on any atom is 0.152 e. The third kappa shape index (κ3) is 2.03. The highest BCUT2D eigenvalue weighted by atomic mass is 16.1. The molecule has 1 N–H and O–H groups in total. The second kappa shape index (κ2) is 4.97. The number of aryl methyl sites for hydroxylation is 2. The Kier molecular flexibility index (Phi) is 3.15. The molecule has 0 aliphatic rings. The molecule has 1 aromatic heterocycles. The molecule has 0 radical (unpaired) electrons. The number of H-pyrrole nitrogens is 1. The van der Waals surface area contributed by atoms with E-state index in [9.17, 15) is 4.79 Å². The number of aromatic nitrogens is 1. The van der Waals surface area contributed by atoms with Gasteiger partial charge in [-0.25, -0.2) is 0 Å². The van der Waals surface area contributed by atoms with Crippen molar-refractivity contribution in [2.45, 2.75) is 20.3 Å². The van der Waals surface area contributed by atoms with Crippen LogP contribution >= 0.6 is 0 Å². The number of carbonyl (C=O) groups is 1. The van der Waals surface area contributed by atoms with E-state index in [1.165, 1.54) is 11.1 Å². The van der Waals surface area contributed by atoms with Crippen molar-refractivity contribution >= 4 is 17.2 Å². The van der Waals surface area contributed by atoms with Crippen LogP contribution in [0.5, 0.6) is 0 Å². The summed E-state index contributed by atoms with van der Waals surface area (Å²) in [5.74, 6) is 0. The van der Waals surface area contributed by atoms with Gasteiger partial charge in [-0.1, -0.05) is 42.8 Å². The summed E-state index contributed by atoms with van der Waals surface area (Å²) in [5, 5.41) is 1.01. The summed E-state index contributed by atoms with van der Waals surface area (Å²) < 4.78 is 0. The lowest BCUT2D eigenvalue weighted by molar-refractivity contribution is 0.112. The van der Waals surface area contributed by atoms with Gasteiger partial charge in [0.15, 0.2) is 6.29 Å². The molecule has 100 valence electrons. The van der Waals surface area contributed by atoms with Crippen molar-refractivity contribution in [2.75, 3.05) is 0 Å². The average molecular weight is 263 g/mol. The van der Waals surface area contributed by atoms with E-state index in [1.807, 2.05) is 12.1 Å². The molecule has 2 aromatic carbocycles. The van der Waals surface area contributed by atoms with Gasteiger partial charge < -0.3 is 4.98 Å². The second-order valence-corrected chi connectivity index (χ2v) is 5.13. The molecule has 0 atom stereocenters. The van der Waals surface area contributed by atoms with E-state index < -0.39 is 0 Å². The van der Waals surface area contributed by atoms with Crippen molar-refractivity contribution in [3.05, 3.63) is 59.2 Å². The number of aldehydes is 1. The maximum atomic E-state index is 11.5. The summed E-state index contributed by atoms with van der Waals surface area (Å²) >= 11 is 0. The Bertz CT molecular complexity index is 766. The van der Waals surface area contributed by atoms with Gasteiger partial charge in [-0.15, -0.1) is 0 Å². The van der Waals surface area contributed by atoms with Crippen LogP contribution in [0.1, 0.15) is 28.4 Å². The van der Waals surface area contributed by atoms with Crippen molar-refractivity contribution in [2.24, 2.45) is 0 Å². The SMILES string of the molecule is CCc1ccc2[nH]c(-c3ccc(C)cc3)c(C=O)c2c1. The minimum absolute atomic E-state index is 0.749. The topological polar surface area (TPSA) is 32.9 Å². The van der Waals surface area contributed by atoms with Crippen LogP contribution in [-0.2, 0) is 6.42 Å². The molecule has 0 unspecified atom stereocenters. The number of benzene rings is 2. The van der Waals surface area contributed by atoms with Crippen molar-refractivity contribution in [1.29, 1.82) is 0 Å². The van der Waals surface area contributed by atoms with E-state index in [2.05, 4.69) is 49.2 Å². The molecule has 0 amide bonds. The van der Waals surface area contributed by atoms with E-state index in [4.69, 9.17) is 0 Å². The number of hydrogen-bond donors (Lipinski definition) is 1. The Balaban J connectivity index is 2.25. The van der Waals surface area contributed by atoms with Gasteiger partial charge in [0.25, 0.3) is 0 Å². The zero-order valence-corrected chi connectivity index (χ0v) is 11.7. The molecule has 3 aromatic rings. The third-order valence-corrected chi connectivity index (χ3v) is 3.77. The summed E-state index contributed by atoms with van der Waals surface area (Å²) in [6.45, 7) is 4.18. The molecule has 1 heterocycles. The highest BCUT2D eigenvalue weighted by Crippen LogP contribution is 2.30. The van der Waals surface area contributed by atoms with Gasteiger partial charge >= 0.3 is 0 Å². The van der Waals surface area contributed by atoms with Gasteiger partial charge in [-0.05, 0) is 36.6 Å². The summed E-state index contributed by atoms with van der Waals surface area (Å²) in [7, 11) is 0. The van der Waals surface area contributed by atoms with Crippen LogP contribution in [0.25, 0.3) is 22.2 Å². The number of rotatable bonds is 3. The van der Waals surface area contributed by atoms with E-state index in [1.54, 1.807) is 0 Å². The predicted molar refractivity (Wildman–Crippen MR) is 83.2 cm³/mol. The van der Waals surface area contributed by atoms with Crippen molar-refractivity contribution in [3.63, 3.8) is 0 Å². The number of hydrogen-bond acceptors (Lipinski definition) is 1. The lowest BCUT2D eigenvalue weighted by Gasteiger charge is -2.00. The molecule has 3 rings (SSSR count). The summed E-state index contributed by atoms with van der Waals surface area (Å²) in [4.78, 5) is 14.9. The summed E-state index contributed by atoms with van der Waals surface area (Å²) in [5.41, 5.74) is 6.18. The first-order valence-corrected chi connectivity index (χ1v) is 6.89. The first-order chi connectivity index (χ1) is 9.72. The second-order valence-electron chi connectivity index (χ2n) is 5.13. The molecule has 0 fully saturated rings. The average Bonchev–Trinajstić information content (AvgIpc) is 2.85. The minimum atomic E-state index is 0.749. The highest BCUT2D eigenvalue weighted by Gasteiger charge is 2.12. The molecular weight excluding hydrogens is 246 g/mol. The molecule has 0 aliphatic heterocycles. The lowest BCUT2D eigenvalue weighted by atomic mass is 10.0. The zero-order chi connectivity index (χ0) is 14.1. The van der Waals surface area contributed by atoms with Gasteiger partial charge in [0.2, 0.25) is 0 Å². The fraction of sp³-hybridized carbons (Fsp3) is 0.167. The molecule has 20 heavy (non-hydrogen) atoms. The van der Waals surface area contributed by atoms with Crippen LogP contribution in [0.3, 0.4) is 0 Å². The third-order valence-electron chi connectivity index (χ3n) is 3.77. The standard InChI is InChI=1S/C18H17NO/c1-3-13-6-9-17-15(10-13)16(11-20)18(19-17)14-7-4-12(2)5-8-14/h4-11,19H,3H2,1-2H3. The minimum Gasteiger partial charge on any atom is -0.354 e. The molecule has 0 saturated carbocycles. The Morgan fingerprint density at radius 1 is 1.10 bits per heavy atom. The normalized spacial score (nSPS) is 10.9. The molecule has 0 aliphatic carbocycles. The van der Waals surface area contributed by atoms with Gasteiger partial charge in [0.1, 0.15) is 0 Å².